The van der Waals surface area contributed by atoms with Crippen LogP contribution in [0, 0.1) is 17.8 Å². The third kappa shape index (κ3) is 16.9. The number of nitrogens with zero attached hydrogens (tertiary/aromatic N) is 7. The summed E-state index contributed by atoms with van der Waals surface area (Å²) in [6.07, 6.45) is 1.69. The topological polar surface area (TPSA) is 261 Å². The first-order valence-electron chi connectivity index (χ1n) is 30.3. The Bertz CT molecular complexity index is 2880. The maximum Gasteiger partial charge on any atom is 0.332 e. The van der Waals surface area contributed by atoms with Gasteiger partial charge in [-0.05, 0) is 92.7 Å². The second-order valence-corrected chi connectivity index (χ2v) is 24.5. The van der Waals surface area contributed by atoms with Gasteiger partial charge in [-0.15, -0.1) is 0 Å². The van der Waals surface area contributed by atoms with E-state index in [2.05, 4.69) is 25.8 Å². The first-order valence-corrected chi connectivity index (χ1v) is 30.3. The number of aliphatic hydroxyl groups is 1. The quantitative estimate of drug-likeness (QED) is 0.178. The fourth-order valence-electron chi connectivity index (χ4n) is 11.4. The zero-order valence-electron chi connectivity index (χ0n) is 52.5. The van der Waals surface area contributed by atoms with E-state index in [1.54, 1.807) is 51.2 Å². The van der Waals surface area contributed by atoms with Crippen molar-refractivity contribution in [3.05, 3.63) is 84.1 Å². The van der Waals surface area contributed by atoms with Crippen molar-refractivity contribution in [1.29, 1.82) is 0 Å². The molecule has 22 nitrogen and oxygen atoms in total. The molecule has 22 heteroatoms. The minimum absolute atomic E-state index is 0.0212. The molecule has 0 saturated carbocycles. The number of fused-ring (bicyclic) bond motifs is 1. The zero-order chi connectivity index (χ0) is 63.3. The molecule has 3 aliphatic rings. The third-order valence-electron chi connectivity index (χ3n) is 17.1. The highest BCUT2D eigenvalue weighted by molar-refractivity contribution is 5.98. The molecule has 0 radical (unpaired) electrons. The van der Waals surface area contributed by atoms with Gasteiger partial charge in [-0.1, -0.05) is 103 Å². The molecule has 3 aromatic rings. The summed E-state index contributed by atoms with van der Waals surface area (Å²) in [6.45, 7) is 16.9. The molecule has 3 saturated heterocycles. The Balaban J connectivity index is 1.45. The number of hydrogen-bond donors (Lipinski definition) is 4. The molecule has 8 amide bonds. The smallest absolute Gasteiger partial charge is 0.332 e. The molecule has 4 heterocycles. The SMILES string of the molecule is CCC(C)C1NC(=O)C2CCCN2C(=O)[C@H](Cc2cccc(-c3ccnc(N4CCOCC4)c3)c2)N(C)C(=O)C(Cc2ccccc2)NC(=O)CN(C)C(=O)[C@@H](C(C)CC)OC(=O)C(C(C)(C)O)N(C)C(=O)C(CC(C)C)NC(=O)[C@H](C)N(C)C1=O. The van der Waals surface area contributed by atoms with Crippen LogP contribution in [-0.4, -0.2) is 209 Å². The first kappa shape index (κ1) is 67.7. The molecule has 4 N–H and O–H groups in total. The van der Waals surface area contributed by atoms with Gasteiger partial charge in [-0.2, -0.15) is 0 Å². The number of morpholine rings is 1. The van der Waals surface area contributed by atoms with Crippen LogP contribution in [0.25, 0.3) is 11.1 Å². The number of anilines is 1. The van der Waals surface area contributed by atoms with Crippen LogP contribution in [0.4, 0.5) is 5.82 Å². The van der Waals surface area contributed by atoms with Gasteiger partial charge in [-0.3, -0.25) is 38.4 Å². The molecule has 6 rings (SSSR count). The number of carbonyl (C=O) groups excluding carboxylic acids is 9. The van der Waals surface area contributed by atoms with E-state index in [0.29, 0.717) is 56.7 Å². The minimum atomic E-state index is -1.97. The predicted molar refractivity (Wildman–Crippen MR) is 325 cm³/mol. The number of carbonyl (C=O) groups is 9. The van der Waals surface area contributed by atoms with E-state index in [4.69, 9.17) is 9.47 Å². The summed E-state index contributed by atoms with van der Waals surface area (Å²) in [5, 5.41) is 20.2. The molecule has 0 spiro atoms. The monoisotopic (exact) mass is 1190 g/mol. The van der Waals surface area contributed by atoms with Gasteiger partial charge in [0.2, 0.25) is 41.4 Å². The van der Waals surface area contributed by atoms with E-state index < -0.39 is 126 Å². The van der Waals surface area contributed by atoms with Crippen LogP contribution in [0.3, 0.4) is 0 Å². The summed E-state index contributed by atoms with van der Waals surface area (Å²) >= 11 is 0. The Hall–Kier alpha value is -7.46. The molecule has 2 aromatic carbocycles. The summed E-state index contributed by atoms with van der Waals surface area (Å²) < 4.78 is 11.6. The maximum atomic E-state index is 15.6. The van der Waals surface area contributed by atoms with Gasteiger partial charge < -0.3 is 59.9 Å². The van der Waals surface area contributed by atoms with Crippen molar-refractivity contribution in [2.24, 2.45) is 17.8 Å². The Kier molecular flexibility index (Phi) is 23.8. The number of pyridine rings is 1. The van der Waals surface area contributed by atoms with E-state index in [1.165, 1.54) is 63.7 Å². The van der Waals surface area contributed by atoms with Crippen molar-refractivity contribution >= 4 is 59.0 Å². The highest BCUT2D eigenvalue weighted by Gasteiger charge is 2.47. The predicted octanol–water partition coefficient (Wildman–Crippen LogP) is 3.61. The average molecular weight is 1190 g/mol. The number of rotatable bonds is 13. The van der Waals surface area contributed by atoms with Crippen LogP contribution in [0.15, 0.2) is 72.9 Å². The second-order valence-electron chi connectivity index (χ2n) is 24.5. The Morgan fingerprint density at radius 3 is 1.95 bits per heavy atom. The zero-order valence-corrected chi connectivity index (χ0v) is 52.5. The molecule has 470 valence electrons. The van der Waals surface area contributed by atoms with Crippen molar-refractivity contribution in [2.45, 2.75) is 161 Å². The highest BCUT2D eigenvalue weighted by Crippen LogP contribution is 2.29. The Labute approximate surface area is 507 Å². The van der Waals surface area contributed by atoms with E-state index in [-0.39, 0.29) is 38.1 Å². The number of likely N-dealkylation sites (N-methyl/N-ethyl adjacent to an activating group) is 4. The van der Waals surface area contributed by atoms with E-state index in [1.807, 2.05) is 63.2 Å². The fraction of sp³-hybridized carbons (Fsp3) is 0.594. The van der Waals surface area contributed by atoms with Gasteiger partial charge >= 0.3 is 5.97 Å². The molecule has 0 bridgehead atoms. The lowest BCUT2D eigenvalue weighted by molar-refractivity contribution is -0.176. The highest BCUT2D eigenvalue weighted by atomic mass is 16.6. The van der Waals surface area contributed by atoms with Crippen molar-refractivity contribution in [1.82, 2.24) is 45.4 Å². The largest absolute Gasteiger partial charge is 0.450 e. The average Bonchev–Trinajstić information content (AvgIpc) is 2.95. The molecule has 1 aromatic heterocycles. The molecular weight excluding hydrogens is 1100 g/mol. The molecule has 86 heavy (non-hydrogen) atoms. The number of ether oxygens (including phenoxy) is 2. The minimum Gasteiger partial charge on any atom is -0.450 e. The van der Waals surface area contributed by atoms with Crippen molar-refractivity contribution in [2.75, 3.05) is 72.5 Å². The van der Waals surface area contributed by atoms with Gasteiger partial charge in [0.25, 0.3) is 5.91 Å². The Morgan fingerprint density at radius 2 is 1.31 bits per heavy atom. The van der Waals surface area contributed by atoms with E-state index >= 15 is 9.59 Å². The number of hydrogen-bond acceptors (Lipinski definition) is 14. The number of esters is 1. The fourth-order valence-corrected chi connectivity index (χ4v) is 11.4. The van der Waals surface area contributed by atoms with E-state index in [9.17, 15) is 38.7 Å². The summed E-state index contributed by atoms with van der Waals surface area (Å²) in [5.41, 5.74) is 1.09. The van der Waals surface area contributed by atoms with Crippen LogP contribution in [0.2, 0.25) is 0 Å². The standard InChI is InChI=1S/C64H92N10O12/c1-14-40(5)53-61(81)70(11)42(7)56(76)67-47(33-39(3)4)59(79)72(13)55(64(8,9)84)63(83)86-54(41(6)15-2)62(82)69(10)38-52(75)66-48(35-43-21-17-16-18-22-43)58(78)71(12)50(60(80)74-28-20-25-49(74)57(77)68-53)36-44-23-19-24-45(34-44)46-26-27-65-51(37-46)73-29-31-85-32-30-73/h16-19,21-24,26-27,34,37,39-42,47-50,53-55,84H,14-15,20,25,28-33,35-36,38H2,1-13H3,(H,66,75)(H,67,76)(H,68,77)/t40?,41?,42-,47?,48?,49?,50-,53?,54+,55?/m0/s1. The second kappa shape index (κ2) is 30.3. The lowest BCUT2D eigenvalue weighted by Crippen LogP contribution is -2.62. The van der Waals surface area contributed by atoms with Crippen LogP contribution >= 0.6 is 0 Å². The molecule has 10 atom stereocenters. The molecule has 3 fully saturated rings. The van der Waals surface area contributed by atoms with Crippen LogP contribution in [0.5, 0.6) is 0 Å². The molecule has 0 aliphatic carbocycles. The van der Waals surface area contributed by atoms with Gasteiger partial charge in [-0.25, -0.2) is 9.78 Å². The van der Waals surface area contributed by atoms with Gasteiger partial charge in [0.05, 0.1) is 25.4 Å². The number of amides is 8. The van der Waals surface area contributed by atoms with Crippen LogP contribution < -0.4 is 20.9 Å². The summed E-state index contributed by atoms with van der Waals surface area (Å²) in [6, 6.07) is 11.5. The Morgan fingerprint density at radius 1 is 0.674 bits per heavy atom. The van der Waals surface area contributed by atoms with Crippen molar-refractivity contribution in [3.8, 4) is 11.1 Å². The van der Waals surface area contributed by atoms with Gasteiger partial charge in [0, 0.05) is 72.8 Å². The molecule has 7 unspecified atom stereocenters. The number of benzene rings is 2. The number of cyclic esters (lactones) is 1. The third-order valence-corrected chi connectivity index (χ3v) is 17.1. The lowest BCUT2D eigenvalue weighted by atomic mass is 9.94. The normalized spacial score (nSPS) is 25.4. The van der Waals surface area contributed by atoms with Crippen molar-refractivity contribution < 1.29 is 57.7 Å². The van der Waals surface area contributed by atoms with Gasteiger partial charge in [0.1, 0.15) is 42.1 Å². The summed E-state index contributed by atoms with van der Waals surface area (Å²) in [5.74, 6) is -7.03. The van der Waals surface area contributed by atoms with E-state index in [0.717, 1.165) is 26.7 Å². The first-order chi connectivity index (χ1) is 40.7. The maximum absolute atomic E-state index is 15.6. The summed E-state index contributed by atoms with van der Waals surface area (Å²) in [4.78, 5) is 146. The van der Waals surface area contributed by atoms with Crippen molar-refractivity contribution in [3.63, 3.8) is 0 Å². The summed E-state index contributed by atoms with van der Waals surface area (Å²) in [7, 11) is 5.54. The molecule has 3 aliphatic heterocycles. The van der Waals surface area contributed by atoms with Gasteiger partial charge in [0.15, 0.2) is 12.1 Å². The number of aromatic nitrogens is 1. The van der Waals surface area contributed by atoms with Crippen LogP contribution in [0.1, 0.15) is 106 Å². The lowest BCUT2D eigenvalue weighted by Gasteiger charge is -2.38. The number of nitrogens with one attached hydrogen (secondary N) is 3. The van der Waals surface area contributed by atoms with Crippen LogP contribution in [-0.2, 0) is 65.5 Å². The molecular formula is C64H92N10O12.